The van der Waals surface area contributed by atoms with Gasteiger partial charge in [0.25, 0.3) is 0 Å². The maximum atomic E-state index is 13.1. The van der Waals surface area contributed by atoms with Crippen LogP contribution in [-0.4, -0.2) is 96.7 Å². The summed E-state index contributed by atoms with van der Waals surface area (Å²) >= 11 is 0. The Kier molecular flexibility index (Phi) is 68.4. The van der Waals surface area contributed by atoms with E-state index in [0.29, 0.717) is 25.7 Å². The van der Waals surface area contributed by atoms with Gasteiger partial charge in [0.05, 0.1) is 26.4 Å². The number of carbonyl (C=O) groups excluding carboxylic acids is 4. The first-order valence-corrected chi connectivity index (χ1v) is 43.6. The summed E-state index contributed by atoms with van der Waals surface area (Å²) in [5.74, 6) is -0.403. The molecule has 0 saturated heterocycles. The van der Waals surface area contributed by atoms with Gasteiger partial charge in [-0.15, -0.1) is 0 Å². The van der Waals surface area contributed by atoms with Crippen molar-refractivity contribution in [1.82, 2.24) is 0 Å². The molecule has 0 radical (unpaired) electrons. The van der Waals surface area contributed by atoms with Gasteiger partial charge >= 0.3 is 39.5 Å². The summed E-state index contributed by atoms with van der Waals surface area (Å²) in [7, 11) is -9.90. The molecule has 4 unspecified atom stereocenters. The molecule has 0 aliphatic heterocycles. The summed E-state index contributed by atoms with van der Waals surface area (Å²) in [6.45, 7) is 9.64. The van der Waals surface area contributed by atoms with E-state index in [4.69, 9.17) is 37.0 Å². The number of carbonyl (C=O) groups is 4. The predicted molar refractivity (Wildman–Crippen MR) is 395 cm³/mol. The Labute approximate surface area is 594 Å². The van der Waals surface area contributed by atoms with Gasteiger partial charge in [-0.1, -0.05) is 356 Å². The van der Waals surface area contributed by atoms with Crippen LogP contribution < -0.4 is 0 Å². The largest absolute Gasteiger partial charge is 0.472 e. The summed E-state index contributed by atoms with van der Waals surface area (Å²) in [5.41, 5.74) is 0. The van der Waals surface area contributed by atoms with E-state index >= 15 is 0 Å². The SMILES string of the molecule is CCCCCCCCCCCCCCC(=O)O[C@H](COC(=O)CCCCCCC)COP(=O)(O)OC[C@H](O)COP(=O)(O)OC[C@@H](COC(=O)CCCCCCCCCCCCCCCCC(C)CC)OC(=O)CCCCCCCCCCCCCCCCCCCCC(C)CC. The van der Waals surface area contributed by atoms with E-state index in [-0.39, 0.29) is 25.7 Å². The fourth-order valence-electron chi connectivity index (χ4n) is 11.9. The lowest BCUT2D eigenvalue weighted by Gasteiger charge is -2.21. The molecule has 0 heterocycles. The molecule has 576 valence electrons. The van der Waals surface area contributed by atoms with E-state index in [0.717, 1.165) is 108 Å². The van der Waals surface area contributed by atoms with Crippen molar-refractivity contribution in [1.29, 1.82) is 0 Å². The molecule has 0 aliphatic rings. The van der Waals surface area contributed by atoms with Crippen molar-refractivity contribution < 1.29 is 80.2 Å². The van der Waals surface area contributed by atoms with Gasteiger partial charge in [0, 0.05) is 25.7 Å². The zero-order chi connectivity index (χ0) is 71.4. The van der Waals surface area contributed by atoms with Crippen LogP contribution in [0.4, 0.5) is 0 Å². The van der Waals surface area contributed by atoms with Crippen LogP contribution in [0.15, 0.2) is 0 Å². The fraction of sp³-hybridized carbons (Fsp3) is 0.949. The summed E-state index contributed by atoms with van der Waals surface area (Å²) in [6.07, 6.45) is 58.6. The summed E-state index contributed by atoms with van der Waals surface area (Å²) in [5, 5.41) is 10.6. The lowest BCUT2D eigenvalue weighted by Crippen LogP contribution is -2.30. The Morgan fingerprint density at radius 2 is 0.495 bits per heavy atom. The van der Waals surface area contributed by atoms with Crippen LogP contribution in [0.5, 0.6) is 0 Å². The molecule has 0 rings (SSSR count). The Hall–Kier alpha value is -1.94. The average Bonchev–Trinajstić information content (AvgIpc) is 1.84. The highest BCUT2D eigenvalue weighted by molar-refractivity contribution is 7.47. The molecule has 19 heteroatoms. The molecular weight excluding hydrogens is 1270 g/mol. The highest BCUT2D eigenvalue weighted by atomic mass is 31.2. The molecule has 3 N–H and O–H groups in total. The zero-order valence-electron chi connectivity index (χ0n) is 63.4. The van der Waals surface area contributed by atoms with Gasteiger partial charge in [0.2, 0.25) is 0 Å². The number of aliphatic hydroxyl groups excluding tert-OH is 1. The van der Waals surface area contributed by atoms with Gasteiger partial charge < -0.3 is 33.8 Å². The maximum Gasteiger partial charge on any atom is 0.472 e. The summed E-state index contributed by atoms with van der Waals surface area (Å²) in [4.78, 5) is 72.6. The number of ether oxygens (including phenoxy) is 4. The number of hydrogen-bond acceptors (Lipinski definition) is 15. The molecular formula is C78H152O17P2. The first kappa shape index (κ1) is 95.1. The van der Waals surface area contributed by atoms with Gasteiger partial charge in [-0.25, -0.2) is 9.13 Å². The van der Waals surface area contributed by atoms with E-state index in [1.54, 1.807) is 0 Å². The highest BCUT2D eigenvalue weighted by Gasteiger charge is 2.30. The second-order valence-corrected chi connectivity index (χ2v) is 31.5. The van der Waals surface area contributed by atoms with E-state index in [1.807, 2.05) is 0 Å². The van der Waals surface area contributed by atoms with Crippen molar-refractivity contribution in [2.45, 2.75) is 426 Å². The lowest BCUT2D eigenvalue weighted by atomic mass is 9.99. The second kappa shape index (κ2) is 69.8. The minimum atomic E-state index is -4.96. The second-order valence-electron chi connectivity index (χ2n) is 28.6. The standard InChI is InChI=1S/C78H152O17P2/c1-7-11-13-15-16-17-18-33-39-44-50-56-62-77(82)94-73(66-88-75(80)60-54-46-14-12-8-2)68-92-96(84,85)90-64-72(79)65-91-97(86,87)93-69-74(67-89-76(81)61-55-49-43-38-34-29-26-25-28-32-37-42-48-53-59-71(6)10-4)95-78(83)63-57-51-45-40-35-30-24-22-20-19-21-23-27-31-36-41-47-52-58-70(5)9-3/h70-74,79H,7-69H2,1-6H3,(H,84,85)(H,86,87)/t70?,71?,72-,73+,74+/m0/s1. The summed E-state index contributed by atoms with van der Waals surface area (Å²) in [6, 6.07) is 0. The molecule has 0 aliphatic carbocycles. The quantitative estimate of drug-likeness (QED) is 0.0222. The minimum Gasteiger partial charge on any atom is -0.462 e. The molecule has 17 nitrogen and oxygen atoms in total. The first-order valence-electron chi connectivity index (χ1n) is 40.6. The third kappa shape index (κ3) is 69.5. The molecule has 0 aromatic rings. The molecule has 0 bridgehead atoms. The van der Waals surface area contributed by atoms with E-state index < -0.39 is 97.5 Å². The highest BCUT2D eigenvalue weighted by Crippen LogP contribution is 2.45. The normalized spacial score (nSPS) is 14.5. The smallest absolute Gasteiger partial charge is 0.462 e. The average molecular weight is 1420 g/mol. The third-order valence-electron chi connectivity index (χ3n) is 18.9. The van der Waals surface area contributed by atoms with Crippen LogP contribution in [0.2, 0.25) is 0 Å². The molecule has 0 amide bonds. The van der Waals surface area contributed by atoms with Crippen molar-refractivity contribution in [3.63, 3.8) is 0 Å². The van der Waals surface area contributed by atoms with Gasteiger partial charge in [0.15, 0.2) is 12.2 Å². The van der Waals surface area contributed by atoms with Gasteiger partial charge in [-0.05, 0) is 37.5 Å². The number of aliphatic hydroxyl groups is 1. The van der Waals surface area contributed by atoms with E-state index in [9.17, 15) is 43.2 Å². The van der Waals surface area contributed by atoms with Gasteiger partial charge in [0.1, 0.15) is 19.3 Å². The molecule has 0 aromatic heterocycles. The number of esters is 4. The van der Waals surface area contributed by atoms with Crippen molar-refractivity contribution in [3.8, 4) is 0 Å². The topological polar surface area (TPSA) is 237 Å². The van der Waals surface area contributed by atoms with Crippen molar-refractivity contribution in [3.05, 3.63) is 0 Å². The lowest BCUT2D eigenvalue weighted by molar-refractivity contribution is -0.161. The van der Waals surface area contributed by atoms with Crippen LogP contribution in [0.25, 0.3) is 0 Å². The monoisotopic (exact) mass is 1420 g/mol. The van der Waals surface area contributed by atoms with Crippen LogP contribution in [0.1, 0.15) is 408 Å². The number of rotatable bonds is 77. The minimum absolute atomic E-state index is 0.107. The van der Waals surface area contributed by atoms with Crippen molar-refractivity contribution in [2.75, 3.05) is 39.6 Å². The van der Waals surface area contributed by atoms with Crippen LogP contribution in [0.3, 0.4) is 0 Å². The number of phosphoric ester groups is 2. The van der Waals surface area contributed by atoms with Crippen molar-refractivity contribution in [2.24, 2.45) is 11.8 Å². The maximum absolute atomic E-state index is 13.1. The molecule has 0 fully saturated rings. The number of hydrogen-bond donors (Lipinski definition) is 3. The predicted octanol–water partition coefficient (Wildman–Crippen LogP) is 23.1. The fourth-order valence-corrected chi connectivity index (χ4v) is 13.5. The van der Waals surface area contributed by atoms with Crippen molar-refractivity contribution >= 4 is 39.5 Å². The van der Waals surface area contributed by atoms with Gasteiger partial charge in [-0.2, -0.15) is 0 Å². The van der Waals surface area contributed by atoms with Crippen LogP contribution in [-0.2, 0) is 65.4 Å². The number of phosphoric acid groups is 2. The Morgan fingerprint density at radius 3 is 0.732 bits per heavy atom. The zero-order valence-corrected chi connectivity index (χ0v) is 65.2. The molecule has 0 saturated carbocycles. The third-order valence-corrected chi connectivity index (χ3v) is 20.8. The molecule has 0 aromatic carbocycles. The van der Waals surface area contributed by atoms with E-state index in [1.165, 1.54) is 218 Å². The first-order chi connectivity index (χ1) is 46.9. The van der Waals surface area contributed by atoms with E-state index in [2.05, 4.69) is 41.5 Å². The Bertz CT molecular complexity index is 1880. The molecule has 7 atom stereocenters. The molecule has 97 heavy (non-hydrogen) atoms. The Balaban J connectivity index is 5.12. The summed E-state index contributed by atoms with van der Waals surface area (Å²) < 4.78 is 68.3. The van der Waals surface area contributed by atoms with Gasteiger partial charge in [-0.3, -0.25) is 37.3 Å². The Morgan fingerprint density at radius 1 is 0.289 bits per heavy atom. The molecule has 0 spiro atoms. The van der Waals surface area contributed by atoms with Crippen LogP contribution in [0, 0.1) is 11.8 Å². The van der Waals surface area contributed by atoms with Crippen LogP contribution >= 0.6 is 15.6 Å². The number of unbranched alkanes of at least 4 members (excludes halogenated alkanes) is 45.